The number of aryl methyl sites for hydroxylation is 1. The summed E-state index contributed by atoms with van der Waals surface area (Å²) in [6.45, 7) is 1.15. The van der Waals surface area contributed by atoms with Gasteiger partial charge in [-0.1, -0.05) is 6.07 Å². The van der Waals surface area contributed by atoms with Gasteiger partial charge in [0.05, 0.1) is 30.4 Å². The van der Waals surface area contributed by atoms with Crippen LogP contribution in [0.1, 0.15) is 16.7 Å². The van der Waals surface area contributed by atoms with E-state index in [9.17, 15) is 27.6 Å². The van der Waals surface area contributed by atoms with E-state index in [1.165, 1.54) is 20.3 Å². The van der Waals surface area contributed by atoms with Crippen LogP contribution in [0.15, 0.2) is 41.3 Å². The zero-order valence-corrected chi connectivity index (χ0v) is 18.6. The number of rotatable bonds is 6. The summed E-state index contributed by atoms with van der Waals surface area (Å²) in [5.41, 5.74) is 0.297. The standard InChI is InChI=1S/C22H19F3N2O5S/c1-12-8-15(31-2)6-4-13(12)9-18-20(29)27(21(30)33-18)11-19(28)26-16-10-14(22(23,24)25)5-7-17(16)32-3/h4-10H,11H2,1-3H3,(H,26,28)/b18-9-. The number of benzene rings is 2. The molecule has 7 nitrogen and oxygen atoms in total. The zero-order chi connectivity index (χ0) is 24.3. The minimum atomic E-state index is -4.62. The molecule has 2 aromatic carbocycles. The number of alkyl halides is 3. The van der Waals surface area contributed by atoms with Crippen LogP contribution in [0.5, 0.6) is 11.5 Å². The predicted octanol–water partition coefficient (Wildman–Crippen LogP) is 4.71. The predicted molar refractivity (Wildman–Crippen MR) is 117 cm³/mol. The van der Waals surface area contributed by atoms with Crippen LogP contribution in [-0.4, -0.2) is 42.7 Å². The summed E-state index contributed by atoms with van der Waals surface area (Å²) in [5, 5.41) is 1.61. The summed E-state index contributed by atoms with van der Waals surface area (Å²) in [6.07, 6.45) is -3.09. The average molecular weight is 480 g/mol. The highest BCUT2D eigenvalue weighted by molar-refractivity contribution is 8.18. The fraction of sp³-hybridized carbons (Fsp3) is 0.227. The van der Waals surface area contributed by atoms with E-state index in [-0.39, 0.29) is 16.3 Å². The number of nitrogens with one attached hydrogen (secondary N) is 1. The molecule has 3 amide bonds. The van der Waals surface area contributed by atoms with E-state index in [1.807, 2.05) is 6.92 Å². The quantitative estimate of drug-likeness (QED) is 0.603. The van der Waals surface area contributed by atoms with Crippen LogP contribution in [0.2, 0.25) is 0 Å². The second kappa shape index (κ2) is 9.57. The van der Waals surface area contributed by atoms with Crippen molar-refractivity contribution in [3.05, 3.63) is 58.0 Å². The highest BCUT2D eigenvalue weighted by Crippen LogP contribution is 2.36. The van der Waals surface area contributed by atoms with Crippen LogP contribution in [0, 0.1) is 6.92 Å². The molecule has 3 rings (SSSR count). The van der Waals surface area contributed by atoms with Crippen molar-refractivity contribution in [1.82, 2.24) is 4.90 Å². The Balaban J connectivity index is 1.76. The third-order valence-electron chi connectivity index (χ3n) is 4.74. The normalized spacial score (nSPS) is 15.2. The largest absolute Gasteiger partial charge is 0.497 e. The molecule has 0 unspecified atom stereocenters. The molecule has 33 heavy (non-hydrogen) atoms. The Bertz CT molecular complexity index is 1150. The van der Waals surface area contributed by atoms with Crippen LogP contribution in [-0.2, 0) is 15.8 Å². The van der Waals surface area contributed by atoms with Crippen LogP contribution < -0.4 is 14.8 Å². The first-order valence-corrected chi connectivity index (χ1v) is 10.3. The second-order valence-corrected chi connectivity index (χ2v) is 7.94. The molecular formula is C22H19F3N2O5S. The summed E-state index contributed by atoms with van der Waals surface area (Å²) in [5.74, 6) is -0.886. The Morgan fingerprint density at radius 1 is 1.12 bits per heavy atom. The molecule has 174 valence electrons. The third kappa shape index (κ3) is 5.48. The Morgan fingerprint density at radius 3 is 2.45 bits per heavy atom. The van der Waals surface area contributed by atoms with Gasteiger partial charge in [0.25, 0.3) is 11.1 Å². The number of thioether (sulfide) groups is 1. The fourth-order valence-electron chi connectivity index (χ4n) is 3.03. The van der Waals surface area contributed by atoms with Crippen LogP contribution in [0.3, 0.4) is 0 Å². The van der Waals surface area contributed by atoms with Gasteiger partial charge in [-0.3, -0.25) is 19.3 Å². The molecule has 0 aromatic heterocycles. The minimum absolute atomic E-state index is 0.000339. The summed E-state index contributed by atoms with van der Waals surface area (Å²) in [6, 6.07) is 7.81. The average Bonchev–Trinajstić information content (AvgIpc) is 3.01. The molecule has 0 saturated carbocycles. The molecule has 1 N–H and O–H groups in total. The lowest BCUT2D eigenvalue weighted by Crippen LogP contribution is -2.36. The zero-order valence-electron chi connectivity index (χ0n) is 17.8. The lowest BCUT2D eigenvalue weighted by atomic mass is 10.1. The first kappa shape index (κ1) is 24.2. The maximum Gasteiger partial charge on any atom is 0.416 e. The lowest BCUT2D eigenvalue weighted by Gasteiger charge is -2.16. The first-order valence-electron chi connectivity index (χ1n) is 9.48. The number of methoxy groups -OCH3 is 2. The van der Waals surface area contributed by atoms with E-state index in [2.05, 4.69) is 5.32 Å². The van der Waals surface area contributed by atoms with Crippen LogP contribution in [0.4, 0.5) is 23.7 Å². The van der Waals surface area contributed by atoms with Gasteiger partial charge < -0.3 is 14.8 Å². The van der Waals surface area contributed by atoms with Crippen molar-refractivity contribution in [2.45, 2.75) is 13.1 Å². The smallest absolute Gasteiger partial charge is 0.416 e. The number of nitrogens with zero attached hydrogens (tertiary/aromatic N) is 1. The molecule has 1 fully saturated rings. The van der Waals surface area contributed by atoms with Gasteiger partial charge in [0.15, 0.2) is 0 Å². The third-order valence-corrected chi connectivity index (χ3v) is 5.65. The molecule has 0 spiro atoms. The molecule has 1 aliphatic heterocycles. The van der Waals surface area contributed by atoms with Gasteiger partial charge >= 0.3 is 6.18 Å². The van der Waals surface area contributed by atoms with Gasteiger partial charge in [0.1, 0.15) is 18.0 Å². The van der Waals surface area contributed by atoms with Crippen molar-refractivity contribution in [2.75, 3.05) is 26.1 Å². The number of ether oxygens (including phenoxy) is 2. The maximum atomic E-state index is 13.0. The number of hydrogen-bond donors (Lipinski definition) is 1. The second-order valence-electron chi connectivity index (χ2n) is 6.95. The first-order chi connectivity index (χ1) is 15.5. The van der Waals surface area contributed by atoms with E-state index in [0.717, 1.165) is 28.7 Å². The van der Waals surface area contributed by atoms with Crippen molar-refractivity contribution in [3.8, 4) is 11.5 Å². The van der Waals surface area contributed by atoms with Crippen molar-refractivity contribution in [2.24, 2.45) is 0 Å². The molecule has 0 aliphatic carbocycles. The highest BCUT2D eigenvalue weighted by atomic mass is 32.2. The molecule has 0 radical (unpaired) electrons. The molecule has 0 bridgehead atoms. The molecule has 1 aliphatic rings. The van der Waals surface area contributed by atoms with Crippen molar-refractivity contribution in [1.29, 1.82) is 0 Å². The summed E-state index contributed by atoms with van der Waals surface area (Å²) < 4.78 is 49.1. The summed E-state index contributed by atoms with van der Waals surface area (Å²) in [4.78, 5) is 38.3. The number of carbonyl (C=O) groups excluding carboxylic acids is 3. The minimum Gasteiger partial charge on any atom is -0.497 e. The maximum absolute atomic E-state index is 13.0. The monoisotopic (exact) mass is 480 g/mol. The van der Waals surface area contributed by atoms with E-state index in [4.69, 9.17) is 9.47 Å². The molecular weight excluding hydrogens is 461 g/mol. The molecule has 1 heterocycles. The van der Waals surface area contributed by atoms with E-state index in [1.54, 1.807) is 18.2 Å². The fourth-order valence-corrected chi connectivity index (χ4v) is 3.86. The number of imide groups is 1. The van der Waals surface area contributed by atoms with E-state index in [0.29, 0.717) is 23.1 Å². The van der Waals surface area contributed by atoms with Gasteiger partial charge in [-0.25, -0.2) is 0 Å². The number of anilines is 1. The topological polar surface area (TPSA) is 84.9 Å². The van der Waals surface area contributed by atoms with Crippen molar-refractivity contribution >= 4 is 40.6 Å². The van der Waals surface area contributed by atoms with E-state index < -0.39 is 35.3 Å². The van der Waals surface area contributed by atoms with Crippen LogP contribution >= 0.6 is 11.8 Å². The number of amides is 3. The number of hydrogen-bond acceptors (Lipinski definition) is 6. The van der Waals surface area contributed by atoms with Crippen molar-refractivity contribution in [3.63, 3.8) is 0 Å². The van der Waals surface area contributed by atoms with Gasteiger partial charge in [0.2, 0.25) is 5.91 Å². The summed E-state index contributed by atoms with van der Waals surface area (Å²) in [7, 11) is 2.76. The number of halogens is 3. The molecule has 0 atom stereocenters. The summed E-state index contributed by atoms with van der Waals surface area (Å²) >= 11 is 0.671. The Kier molecular flexibility index (Phi) is 7.01. The molecule has 11 heteroatoms. The van der Waals surface area contributed by atoms with Gasteiger partial charge in [-0.2, -0.15) is 13.2 Å². The number of carbonyl (C=O) groups is 3. The SMILES string of the molecule is COc1ccc(/C=C2\SC(=O)N(CC(=O)Nc3cc(C(F)(F)F)ccc3OC)C2=O)c(C)c1. The van der Waals surface area contributed by atoms with Crippen molar-refractivity contribution < 1.29 is 37.0 Å². The van der Waals surface area contributed by atoms with Gasteiger partial charge in [0, 0.05) is 0 Å². The molecule has 2 aromatic rings. The van der Waals surface area contributed by atoms with Gasteiger partial charge in [-0.05, 0) is 66.2 Å². The van der Waals surface area contributed by atoms with Gasteiger partial charge in [-0.15, -0.1) is 0 Å². The lowest BCUT2D eigenvalue weighted by molar-refractivity contribution is -0.137. The Morgan fingerprint density at radius 2 is 1.85 bits per heavy atom. The van der Waals surface area contributed by atoms with E-state index >= 15 is 0 Å². The molecule has 1 saturated heterocycles. The van der Waals surface area contributed by atoms with Crippen LogP contribution in [0.25, 0.3) is 6.08 Å². The Hall–Kier alpha value is -3.47. The Labute approximate surface area is 191 Å². The highest BCUT2D eigenvalue weighted by Gasteiger charge is 2.37.